The molecule has 84 heavy (non-hydrogen) atoms. The molecule has 24 heteroatoms. The van der Waals surface area contributed by atoms with Gasteiger partial charge in [0.1, 0.15) is 72.9 Å². The summed E-state index contributed by atoms with van der Waals surface area (Å²) in [5.41, 5.74) is 6.40. The molecule has 0 bridgehead atoms. The summed E-state index contributed by atoms with van der Waals surface area (Å²) in [6.07, 6.45) is 7.07. The number of aryl methyl sites for hydroxylation is 2. The van der Waals surface area contributed by atoms with Crippen LogP contribution in [-0.4, -0.2) is 100 Å². The number of hydrogen-bond donors (Lipinski definition) is 3. The van der Waals surface area contributed by atoms with E-state index in [1.165, 1.54) is 13.0 Å². The number of para-hydroxylation sites is 2. The van der Waals surface area contributed by atoms with Crippen LogP contribution in [0.15, 0.2) is 147 Å². The summed E-state index contributed by atoms with van der Waals surface area (Å²) in [4.78, 5) is 50.5. The number of ether oxygens (including phenoxy) is 4. The molecular weight excluding hydrogens is 1110 g/mol. The van der Waals surface area contributed by atoms with Crippen LogP contribution < -0.4 is 19.2 Å². The van der Waals surface area contributed by atoms with Crippen molar-refractivity contribution in [3.8, 4) is 11.5 Å². The minimum atomic E-state index is -4.02. The Morgan fingerprint density at radius 2 is 1.02 bits per heavy atom. The standard InChI is InChI=1S/C28H32N5O6P.C17H20NO4P.C12H16N4O2.C2H6.CH4/c1-19-14-24(38-27(19)33-18-31-25-20(2)29-17-30-26(25)33)16-37-40(35,39-23-12-8-5-9-13-23)32-21(3)28(34)36-15-22-10-6-4-7-11-22;1-14(17(19)21-13-15-9-5-3-6-10-15)18-23(2,20)22-16-11-7-4-8-12-16;1-7-3-9(4-17)18-12(7)16-6-15-10-8(2)13-5-14-11(10)16;1-2;/h4-13,17-19,21,24,27H,14-16H2,1-3H3,(H,32,35);3-12,14H,13H2,1-2H3,(H,18,20);5-7,9,12,17H,3-4H2,1-2H3;1-2H3;1H4/t19?,21-,24-,27+,40?;14-,23?;7?,9-,12+;;/m000../s1. The van der Waals surface area contributed by atoms with Gasteiger partial charge in [-0.05, 0) is 75.9 Å². The topological polar surface area (TPSA) is 264 Å². The zero-order chi connectivity index (χ0) is 59.5. The van der Waals surface area contributed by atoms with Crippen molar-refractivity contribution < 1.29 is 56.3 Å². The number of esters is 2. The second kappa shape index (κ2) is 31.6. The van der Waals surface area contributed by atoms with Gasteiger partial charge in [0, 0.05) is 18.5 Å². The van der Waals surface area contributed by atoms with Crippen LogP contribution in [0, 0.1) is 25.7 Å². The minimum absolute atomic E-state index is 0. The first kappa shape index (κ1) is 65.9. The lowest BCUT2D eigenvalue weighted by atomic mass is 10.1. The molecule has 10 atom stereocenters. The van der Waals surface area contributed by atoms with E-state index < -0.39 is 39.3 Å². The molecule has 3 N–H and O–H groups in total. The van der Waals surface area contributed by atoms with Gasteiger partial charge in [0.05, 0.1) is 49.5 Å². The summed E-state index contributed by atoms with van der Waals surface area (Å²) in [6.45, 7) is 16.9. The van der Waals surface area contributed by atoms with E-state index in [4.69, 9.17) is 32.5 Å². The zero-order valence-electron chi connectivity index (χ0n) is 48.1. The number of nitrogens with zero attached hydrogens (tertiary/aromatic N) is 8. The molecule has 2 fully saturated rings. The van der Waals surface area contributed by atoms with Crippen molar-refractivity contribution in [3.05, 3.63) is 169 Å². The molecule has 2 aliphatic heterocycles. The number of benzene rings is 4. The number of aromatic nitrogens is 8. The molecule has 2 aliphatic rings. The van der Waals surface area contributed by atoms with Crippen LogP contribution in [-0.2, 0) is 55.4 Å². The largest absolute Gasteiger partial charge is 0.460 e. The van der Waals surface area contributed by atoms with Crippen LogP contribution in [0.2, 0.25) is 0 Å². The number of carbonyl (C=O) groups excluding carboxylic acids is 2. The van der Waals surface area contributed by atoms with Gasteiger partial charge >= 0.3 is 27.2 Å². The van der Waals surface area contributed by atoms with Gasteiger partial charge in [-0.3, -0.25) is 27.8 Å². The summed E-state index contributed by atoms with van der Waals surface area (Å²) in [5.74, 6) is 0.190. The highest BCUT2D eigenvalue weighted by Gasteiger charge is 2.39. The molecule has 450 valence electrons. The number of aliphatic hydroxyl groups excluding tert-OH is 1. The fourth-order valence-electron chi connectivity index (χ4n) is 9.05. The number of nitrogens with one attached hydrogen (secondary N) is 2. The van der Waals surface area contributed by atoms with Crippen LogP contribution in [0.5, 0.6) is 11.5 Å². The van der Waals surface area contributed by atoms with Crippen molar-refractivity contribution in [3.63, 3.8) is 0 Å². The Labute approximate surface area is 491 Å². The molecule has 2 saturated heterocycles. The Morgan fingerprint density at radius 1 is 0.619 bits per heavy atom. The molecule has 22 nitrogen and oxygen atoms in total. The Balaban J connectivity index is 0.000000217. The zero-order valence-corrected chi connectivity index (χ0v) is 49.9. The van der Waals surface area contributed by atoms with Gasteiger partial charge < -0.3 is 33.1 Å². The third kappa shape index (κ3) is 18.4. The predicted octanol–water partition coefficient (Wildman–Crippen LogP) is 11.3. The summed E-state index contributed by atoms with van der Waals surface area (Å²) >= 11 is 0. The minimum Gasteiger partial charge on any atom is -0.460 e. The maximum atomic E-state index is 13.9. The summed E-state index contributed by atoms with van der Waals surface area (Å²) in [5, 5.41) is 14.6. The van der Waals surface area contributed by atoms with Crippen molar-refractivity contribution >= 4 is 49.5 Å². The van der Waals surface area contributed by atoms with Crippen molar-refractivity contribution in [2.75, 3.05) is 19.9 Å². The van der Waals surface area contributed by atoms with Gasteiger partial charge in [0.25, 0.3) is 0 Å². The SMILES string of the molecule is C.CC.C[C@H](NP(C)(=O)Oc1ccccc1)C(=O)OCc1ccccc1.Cc1ncnc2c1ncn2[C@@H]1O[C@H](CO)CC1C.Cc1ncnc2c1ncn2[C@@H]1O[C@H](COP(=O)(N[C@@H](C)C(=O)OCc2ccccc2)Oc2ccccc2)CC1C. The van der Waals surface area contributed by atoms with Gasteiger partial charge in [-0.25, -0.2) is 39.6 Å². The van der Waals surface area contributed by atoms with Gasteiger partial charge in [0.2, 0.25) is 0 Å². The molecule has 6 heterocycles. The molecule has 10 rings (SSSR count). The van der Waals surface area contributed by atoms with Gasteiger partial charge in [-0.15, -0.1) is 0 Å². The molecular formula is C60H78N10O12P2. The van der Waals surface area contributed by atoms with E-state index in [1.54, 1.807) is 81.4 Å². The first-order chi connectivity index (χ1) is 40.0. The van der Waals surface area contributed by atoms with E-state index in [0.717, 1.165) is 45.6 Å². The number of aliphatic hydroxyl groups is 1. The molecule has 0 radical (unpaired) electrons. The van der Waals surface area contributed by atoms with Crippen molar-refractivity contribution in [2.24, 2.45) is 11.8 Å². The molecule has 0 saturated carbocycles. The molecule has 0 amide bonds. The highest BCUT2D eigenvalue weighted by Crippen LogP contribution is 2.47. The first-order valence-electron chi connectivity index (χ1n) is 27.5. The lowest BCUT2D eigenvalue weighted by Gasteiger charge is -2.24. The van der Waals surface area contributed by atoms with E-state index in [2.05, 4.69) is 53.9 Å². The molecule has 4 aromatic carbocycles. The quantitative estimate of drug-likeness (QED) is 0.0473. The Bertz CT molecular complexity index is 3400. The average Bonchev–Trinajstić information content (AvgIpc) is 4.45. The van der Waals surface area contributed by atoms with Crippen LogP contribution in [0.25, 0.3) is 22.3 Å². The molecule has 4 aromatic heterocycles. The lowest BCUT2D eigenvalue weighted by molar-refractivity contribution is -0.147. The van der Waals surface area contributed by atoms with Crippen molar-refractivity contribution in [1.29, 1.82) is 0 Å². The second-order valence-corrected chi connectivity index (χ2v) is 23.6. The normalized spacial score (nSPS) is 20.1. The number of carbonyl (C=O) groups is 2. The highest BCUT2D eigenvalue weighted by molar-refractivity contribution is 7.56. The third-order valence-electron chi connectivity index (χ3n) is 13.1. The molecule has 8 aromatic rings. The number of fused-ring (bicyclic) bond motifs is 2. The van der Waals surface area contributed by atoms with Gasteiger partial charge in [-0.2, -0.15) is 5.09 Å². The molecule has 4 unspecified atom stereocenters. The molecule has 0 aliphatic carbocycles. The smallest absolute Gasteiger partial charge is 0.459 e. The maximum Gasteiger partial charge on any atom is 0.459 e. The van der Waals surface area contributed by atoms with E-state index in [-0.39, 0.29) is 64.4 Å². The Kier molecular flexibility index (Phi) is 24.8. The van der Waals surface area contributed by atoms with Crippen LogP contribution in [0.1, 0.15) is 96.8 Å². The van der Waals surface area contributed by atoms with Crippen LogP contribution in [0.3, 0.4) is 0 Å². The fourth-order valence-corrected chi connectivity index (χ4v) is 12.0. The summed E-state index contributed by atoms with van der Waals surface area (Å²) < 4.78 is 69.9. The highest BCUT2D eigenvalue weighted by atomic mass is 31.2. The van der Waals surface area contributed by atoms with E-state index in [9.17, 15) is 23.8 Å². The van der Waals surface area contributed by atoms with E-state index >= 15 is 0 Å². The van der Waals surface area contributed by atoms with Gasteiger partial charge in [0.15, 0.2) is 11.3 Å². The fraction of sp³-hybridized carbons (Fsp3) is 0.400. The Hall–Kier alpha value is -7.26. The first-order valence-corrected chi connectivity index (χ1v) is 31.1. The number of imidazole rings is 2. The second-order valence-electron chi connectivity index (χ2n) is 19.8. The van der Waals surface area contributed by atoms with Crippen LogP contribution >= 0.6 is 15.3 Å². The Morgan fingerprint density at radius 3 is 1.46 bits per heavy atom. The summed E-state index contributed by atoms with van der Waals surface area (Å²) in [7, 11) is -7.19. The number of rotatable bonds is 20. The monoisotopic (exact) mass is 1190 g/mol. The molecule has 0 spiro atoms. The third-order valence-corrected chi connectivity index (χ3v) is 16.2. The van der Waals surface area contributed by atoms with Crippen molar-refractivity contribution in [1.82, 2.24) is 49.2 Å². The van der Waals surface area contributed by atoms with Crippen molar-refractivity contribution in [2.45, 2.75) is 126 Å². The maximum absolute atomic E-state index is 13.9. The summed E-state index contributed by atoms with van der Waals surface area (Å²) in [6, 6.07) is 34.5. The lowest BCUT2D eigenvalue weighted by Crippen LogP contribution is -2.35. The average molecular weight is 1190 g/mol. The van der Waals surface area contributed by atoms with Gasteiger partial charge in [-0.1, -0.05) is 132 Å². The number of hydrogen-bond acceptors (Lipinski definition) is 18. The van der Waals surface area contributed by atoms with Crippen LogP contribution in [0.4, 0.5) is 0 Å². The van der Waals surface area contributed by atoms with E-state index in [1.807, 2.05) is 110 Å². The predicted molar refractivity (Wildman–Crippen MR) is 320 cm³/mol. The van der Waals surface area contributed by atoms with E-state index in [0.29, 0.717) is 29.5 Å².